The number of rotatable bonds is 5. The summed E-state index contributed by atoms with van der Waals surface area (Å²) in [5.74, 6) is -0.503. The van der Waals surface area contributed by atoms with Gasteiger partial charge in [0.15, 0.2) is 5.75 Å². The van der Waals surface area contributed by atoms with Crippen LogP contribution in [0.3, 0.4) is 0 Å². The molecule has 0 saturated heterocycles. The molecule has 0 spiro atoms. The minimum Gasteiger partial charge on any atom is -0.494 e. The lowest BCUT2D eigenvalue weighted by molar-refractivity contribution is -0.118. The van der Waals surface area contributed by atoms with Crippen LogP contribution in [0.15, 0.2) is 18.2 Å². The van der Waals surface area contributed by atoms with E-state index in [0.717, 1.165) is 0 Å². The van der Waals surface area contributed by atoms with E-state index in [4.69, 9.17) is 16.2 Å². The van der Waals surface area contributed by atoms with Crippen LogP contribution in [0, 0.1) is 0 Å². The van der Waals surface area contributed by atoms with Crippen molar-refractivity contribution >= 4 is 17.5 Å². The number of hydrogen-bond acceptors (Lipinski definition) is 4. The van der Waals surface area contributed by atoms with Gasteiger partial charge in [-0.1, -0.05) is 6.07 Å². The molecular formula is C12H17N3O3. The Morgan fingerprint density at radius 1 is 1.44 bits per heavy atom. The Morgan fingerprint density at radius 3 is 2.67 bits per heavy atom. The van der Waals surface area contributed by atoms with E-state index in [1.165, 1.54) is 7.11 Å². The van der Waals surface area contributed by atoms with Crippen LogP contribution in [0.4, 0.5) is 5.69 Å². The van der Waals surface area contributed by atoms with Crippen molar-refractivity contribution in [3.63, 3.8) is 0 Å². The molecule has 0 fully saturated rings. The van der Waals surface area contributed by atoms with Crippen molar-refractivity contribution in [3.8, 4) is 5.75 Å². The third-order valence-corrected chi connectivity index (χ3v) is 2.38. The maximum atomic E-state index is 12.0. The molecule has 6 heteroatoms. The largest absolute Gasteiger partial charge is 0.494 e. The monoisotopic (exact) mass is 251 g/mol. The number of ether oxygens (including phenoxy) is 1. The van der Waals surface area contributed by atoms with Crippen LogP contribution in [-0.2, 0) is 4.79 Å². The fourth-order valence-corrected chi connectivity index (χ4v) is 1.62. The molecular weight excluding hydrogens is 234 g/mol. The topological polar surface area (TPSA) is 107 Å². The van der Waals surface area contributed by atoms with E-state index in [-0.39, 0.29) is 18.4 Å². The summed E-state index contributed by atoms with van der Waals surface area (Å²) in [5, 5.41) is 2.65. The standard InChI is InChI=1S/C12H17N3O3/c1-7(6-10(14)16)15-12(17)8-4-3-5-9(13)11(8)18-2/h3-5,7H,6,13H2,1-2H3,(H2,14,16)(H,15,17). The molecule has 0 saturated carbocycles. The molecule has 98 valence electrons. The Balaban J connectivity index is 2.84. The van der Waals surface area contributed by atoms with E-state index >= 15 is 0 Å². The zero-order chi connectivity index (χ0) is 13.7. The summed E-state index contributed by atoms with van der Waals surface area (Å²) in [5.41, 5.74) is 11.5. The third kappa shape index (κ3) is 3.38. The molecule has 6 nitrogen and oxygen atoms in total. The van der Waals surface area contributed by atoms with E-state index < -0.39 is 5.91 Å². The Kier molecular flexibility index (Phi) is 4.53. The van der Waals surface area contributed by atoms with Gasteiger partial charge in [0.1, 0.15) is 0 Å². The van der Waals surface area contributed by atoms with E-state index in [9.17, 15) is 9.59 Å². The number of nitrogens with two attached hydrogens (primary N) is 2. The molecule has 1 atom stereocenters. The Hall–Kier alpha value is -2.24. The van der Waals surface area contributed by atoms with Gasteiger partial charge in [0, 0.05) is 12.5 Å². The molecule has 1 aromatic rings. The quantitative estimate of drug-likeness (QED) is 0.653. The second-order valence-electron chi connectivity index (χ2n) is 3.97. The number of hydrogen-bond donors (Lipinski definition) is 3. The van der Waals surface area contributed by atoms with Gasteiger partial charge in [-0.05, 0) is 19.1 Å². The summed E-state index contributed by atoms with van der Waals surface area (Å²) < 4.78 is 5.08. The SMILES string of the molecule is COc1c(N)cccc1C(=O)NC(C)CC(N)=O. The van der Waals surface area contributed by atoms with Gasteiger partial charge in [-0.15, -0.1) is 0 Å². The first kappa shape index (κ1) is 13.8. The number of methoxy groups -OCH3 is 1. The molecule has 0 bridgehead atoms. The second kappa shape index (κ2) is 5.90. The number of amides is 2. The summed E-state index contributed by atoms with van der Waals surface area (Å²) in [4.78, 5) is 22.7. The zero-order valence-electron chi connectivity index (χ0n) is 10.4. The maximum Gasteiger partial charge on any atom is 0.255 e. The van der Waals surface area contributed by atoms with Crippen molar-refractivity contribution in [2.45, 2.75) is 19.4 Å². The van der Waals surface area contributed by atoms with Gasteiger partial charge in [0.2, 0.25) is 5.91 Å². The normalized spacial score (nSPS) is 11.7. The minimum atomic E-state index is -0.470. The van der Waals surface area contributed by atoms with Gasteiger partial charge in [0.25, 0.3) is 5.91 Å². The maximum absolute atomic E-state index is 12.0. The van der Waals surface area contributed by atoms with Crippen LogP contribution in [0.5, 0.6) is 5.75 Å². The van der Waals surface area contributed by atoms with Crippen LogP contribution in [0.2, 0.25) is 0 Å². The summed E-state index contributed by atoms with van der Waals surface area (Å²) in [7, 11) is 1.44. The highest BCUT2D eigenvalue weighted by Crippen LogP contribution is 2.25. The highest BCUT2D eigenvalue weighted by atomic mass is 16.5. The van der Waals surface area contributed by atoms with Crippen molar-refractivity contribution in [1.29, 1.82) is 0 Å². The summed E-state index contributed by atoms with van der Waals surface area (Å²) in [6, 6.07) is 4.55. The number of primary amides is 1. The Labute approximate surface area is 105 Å². The Morgan fingerprint density at radius 2 is 2.11 bits per heavy atom. The van der Waals surface area contributed by atoms with E-state index in [2.05, 4.69) is 5.32 Å². The molecule has 1 rings (SSSR count). The molecule has 0 heterocycles. The highest BCUT2D eigenvalue weighted by Gasteiger charge is 2.16. The van der Waals surface area contributed by atoms with Gasteiger partial charge in [-0.3, -0.25) is 9.59 Å². The van der Waals surface area contributed by atoms with Crippen molar-refractivity contribution in [1.82, 2.24) is 5.32 Å². The first-order valence-corrected chi connectivity index (χ1v) is 5.47. The molecule has 2 amide bonds. The van der Waals surface area contributed by atoms with Crippen LogP contribution < -0.4 is 21.5 Å². The first-order valence-electron chi connectivity index (χ1n) is 5.47. The van der Waals surface area contributed by atoms with Crippen LogP contribution in [0.25, 0.3) is 0 Å². The van der Waals surface area contributed by atoms with E-state index in [1.54, 1.807) is 25.1 Å². The fraction of sp³-hybridized carbons (Fsp3) is 0.333. The van der Waals surface area contributed by atoms with Crippen molar-refractivity contribution in [2.75, 3.05) is 12.8 Å². The molecule has 1 aromatic carbocycles. The first-order chi connectivity index (χ1) is 8.45. The van der Waals surface area contributed by atoms with Crippen molar-refractivity contribution < 1.29 is 14.3 Å². The van der Waals surface area contributed by atoms with E-state index in [0.29, 0.717) is 17.0 Å². The number of nitrogens with one attached hydrogen (secondary N) is 1. The lowest BCUT2D eigenvalue weighted by Crippen LogP contribution is -2.35. The van der Waals surface area contributed by atoms with Crippen LogP contribution in [-0.4, -0.2) is 25.0 Å². The molecule has 1 unspecified atom stereocenters. The average Bonchev–Trinajstić information content (AvgIpc) is 2.27. The number of anilines is 1. The van der Waals surface area contributed by atoms with Crippen LogP contribution in [0.1, 0.15) is 23.7 Å². The number of benzene rings is 1. The summed E-state index contributed by atoms with van der Waals surface area (Å²) in [6.07, 6.45) is 0.0797. The predicted octanol–water partition coefficient (Wildman–Crippen LogP) is 0.271. The molecule has 0 aliphatic rings. The molecule has 0 aliphatic heterocycles. The number of carbonyl (C=O) groups excluding carboxylic acids is 2. The van der Waals surface area contributed by atoms with E-state index in [1.807, 2.05) is 0 Å². The fourth-order valence-electron chi connectivity index (χ4n) is 1.62. The number of para-hydroxylation sites is 1. The van der Waals surface area contributed by atoms with Gasteiger partial charge in [0.05, 0.1) is 18.4 Å². The zero-order valence-corrected chi connectivity index (χ0v) is 10.4. The molecule has 0 aliphatic carbocycles. The lowest BCUT2D eigenvalue weighted by atomic mass is 10.1. The lowest BCUT2D eigenvalue weighted by Gasteiger charge is -2.14. The van der Waals surface area contributed by atoms with Crippen molar-refractivity contribution in [3.05, 3.63) is 23.8 Å². The van der Waals surface area contributed by atoms with Gasteiger partial charge < -0.3 is 21.5 Å². The Bertz CT molecular complexity index is 460. The number of nitrogen functional groups attached to an aromatic ring is 1. The van der Waals surface area contributed by atoms with Crippen molar-refractivity contribution in [2.24, 2.45) is 5.73 Å². The van der Waals surface area contributed by atoms with Gasteiger partial charge >= 0.3 is 0 Å². The third-order valence-electron chi connectivity index (χ3n) is 2.38. The minimum absolute atomic E-state index is 0.0797. The smallest absolute Gasteiger partial charge is 0.255 e. The number of carbonyl (C=O) groups is 2. The average molecular weight is 251 g/mol. The molecule has 5 N–H and O–H groups in total. The summed E-state index contributed by atoms with van der Waals surface area (Å²) in [6.45, 7) is 1.70. The van der Waals surface area contributed by atoms with Gasteiger partial charge in [-0.25, -0.2) is 0 Å². The molecule has 0 aromatic heterocycles. The predicted molar refractivity (Wildman–Crippen MR) is 68.1 cm³/mol. The molecule has 0 radical (unpaired) electrons. The van der Waals surface area contributed by atoms with Gasteiger partial charge in [-0.2, -0.15) is 0 Å². The van der Waals surface area contributed by atoms with Crippen LogP contribution >= 0.6 is 0 Å². The highest BCUT2D eigenvalue weighted by molar-refractivity contribution is 5.99. The summed E-state index contributed by atoms with van der Waals surface area (Å²) >= 11 is 0. The second-order valence-corrected chi connectivity index (χ2v) is 3.97. The molecule has 18 heavy (non-hydrogen) atoms.